The van der Waals surface area contributed by atoms with Crippen molar-refractivity contribution in [3.63, 3.8) is 0 Å². The van der Waals surface area contributed by atoms with Gasteiger partial charge in [-0.3, -0.25) is 4.79 Å². The quantitative estimate of drug-likeness (QED) is 0.812. The summed E-state index contributed by atoms with van der Waals surface area (Å²) < 4.78 is 0. The third kappa shape index (κ3) is 2.83. The largest absolute Gasteiger partial charge is 0.508 e. The summed E-state index contributed by atoms with van der Waals surface area (Å²) in [6.45, 7) is 0.950. The molecule has 1 atom stereocenters. The van der Waals surface area contributed by atoms with E-state index in [9.17, 15) is 4.79 Å². The lowest BCUT2D eigenvalue weighted by Crippen LogP contribution is -2.41. The number of nitrogens with one attached hydrogen (secondary N) is 1. The first-order chi connectivity index (χ1) is 7.75. The van der Waals surface area contributed by atoms with Crippen LogP contribution in [0.2, 0.25) is 0 Å². The predicted molar refractivity (Wildman–Crippen MR) is 62.5 cm³/mol. The van der Waals surface area contributed by atoms with Gasteiger partial charge in [0.25, 0.3) is 0 Å². The highest BCUT2D eigenvalue weighted by molar-refractivity contribution is 5.86. The van der Waals surface area contributed by atoms with Crippen molar-refractivity contribution in [2.45, 2.75) is 31.7 Å². The molecule has 1 fully saturated rings. The van der Waals surface area contributed by atoms with Crippen LogP contribution in [0.3, 0.4) is 0 Å². The van der Waals surface area contributed by atoms with E-state index >= 15 is 0 Å². The lowest BCUT2D eigenvalue weighted by atomic mass is 9.97. The van der Waals surface area contributed by atoms with E-state index in [1.165, 1.54) is 6.42 Å². The molecular formula is C13H17NO2. The Morgan fingerprint density at radius 3 is 2.69 bits per heavy atom. The number of benzene rings is 1. The number of rotatable bonds is 3. The standard InChI is InChI=1S/C13H17NO2/c15-11-6-4-10(5-7-11)9-13(16)12-3-1-2-8-14-12/h4-7,12,14-15H,1-3,8-9H2. The van der Waals surface area contributed by atoms with Gasteiger partial charge in [-0.15, -0.1) is 0 Å². The van der Waals surface area contributed by atoms with Crippen LogP contribution in [0.4, 0.5) is 0 Å². The van der Waals surface area contributed by atoms with Crippen LogP contribution < -0.4 is 5.32 Å². The Balaban J connectivity index is 1.93. The number of aromatic hydroxyl groups is 1. The van der Waals surface area contributed by atoms with Crippen LogP contribution in [-0.4, -0.2) is 23.5 Å². The Morgan fingerprint density at radius 1 is 1.31 bits per heavy atom. The minimum Gasteiger partial charge on any atom is -0.508 e. The van der Waals surface area contributed by atoms with Crippen LogP contribution in [0.5, 0.6) is 5.75 Å². The molecule has 2 N–H and O–H groups in total. The van der Waals surface area contributed by atoms with Crippen LogP contribution in [0.25, 0.3) is 0 Å². The Kier molecular flexibility index (Phi) is 3.57. The fourth-order valence-electron chi connectivity index (χ4n) is 2.06. The molecule has 0 spiro atoms. The molecular weight excluding hydrogens is 202 g/mol. The summed E-state index contributed by atoms with van der Waals surface area (Å²) in [4.78, 5) is 11.9. The van der Waals surface area contributed by atoms with E-state index in [2.05, 4.69) is 5.32 Å². The van der Waals surface area contributed by atoms with Gasteiger partial charge in [0.1, 0.15) is 5.75 Å². The number of ketones is 1. The third-order valence-electron chi connectivity index (χ3n) is 3.01. The highest BCUT2D eigenvalue weighted by atomic mass is 16.3. The van der Waals surface area contributed by atoms with Gasteiger partial charge >= 0.3 is 0 Å². The van der Waals surface area contributed by atoms with Gasteiger partial charge in [0.15, 0.2) is 5.78 Å². The maximum Gasteiger partial charge on any atom is 0.154 e. The number of carbonyl (C=O) groups is 1. The molecule has 3 nitrogen and oxygen atoms in total. The second-order valence-corrected chi connectivity index (χ2v) is 4.31. The summed E-state index contributed by atoms with van der Waals surface area (Å²) in [6, 6.07) is 6.88. The number of piperidine rings is 1. The van der Waals surface area contributed by atoms with Crippen molar-refractivity contribution in [3.05, 3.63) is 29.8 Å². The van der Waals surface area contributed by atoms with Gasteiger partial charge in [-0.05, 0) is 37.1 Å². The monoisotopic (exact) mass is 219 g/mol. The molecule has 0 aliphatic carbocycles. The maximum absolute atomic E-state index is 11.9. The molecule has 86 valence electrons. The van der Waals surface area contributed by atoms with Crippen molar-refractivity contribution >= 4 is 5.78 Å². The molecule has 1 aromatic carbocycles. The first-order valence-electron chi connectivity index (χ1n) is 5.80. The van der Waals surface area contributed by atoms with Crippen molar-refractivity contribution in [2.75, 3.05) is 6.54 Å². The normalized spacial score (nSPS) is 20.6. The summed E-state index contributed by atoms with van der Waals surface area (Å²) in [7, 11) is 0. The molecule has 3 heteroatoms. The van der Waals surface area contributed by atoms with Gasteiger partial charge < -0.3 is 10.4 Å². The average Bonchev–Trinajstić information content (AvgIpc) is 2.33. The lowest BCUT2D eigenvalue weighted by Gasteiger charge is -2.22. The average molecular weight is 219 g/mol. The maximum atomic E-state index is 11.9. The molecule has 1 aromatic rings. The molecule has 2 rings (SSSR count). The number of carbonyl (C=O) groups excluding carboxylic acids is 1. The zero-order chi connectivity index (χ0) is 11.4. The van der Waals surface area contributed by atoms with E-state index in [1.807, 2.05) is 0 Å². The summed E-state index contributed by atoms with van der Waals surface area (Å²) in [5, 5.41) is 12.4. The molecule has 16 heavy (non-hydrogen) atoms. The van der Waals surface area contributed by atoms with Crippen LogP contribution in [0.15, 0.2) is 24.3 Å². The van der Waals surface area contributed by atoms with Crippen molar-refractivity contribution in [3.8, 4) is 5.75 Å². The molecule has 1 aliphatic heterocycles. The fourth-order valence-corrected chi connectivity index (χ4v) is 2.06. The van der Waals surface area contributed by atoms with Crippen molar-refractivity contribution < 1.29 is 9.90 Å². The zero-order valence-electron chi connectivity index (χ0n) is 9.28. The Morgan fingerprint density at radius 2 is 2.06 bits per heavy atom. The van der Waals surface area contributed by atoms with Gasteiger partial charge in [-0.1, -0.05) is 18.6 Å². The molecule has 1 aliphatic rings. The molecule has 0 amide bonds. The Bertz CT molecular complexity index is 353. The van der Waals surface area contributed by atoms with E-state index in [0.29, 0.717) is 6.42 Å². The molecule has 0 aromatic heterocycles. The predicted octanol–water partition coefficient (Wildman–Crippen LogP) is 1.65. The number of hydrogen-bond donors (Lipinski definition) is 2. The van der Waals surface area contributed by atoms with Gasteiger partial charge in [0, 0.05) is 6.42 Å². The Labute approximate surface area is 95.5 Å². The summed E-state index contributed by atoms with van der Waals surface area (Å²) in [5.41, 5.74) is 0.968. The first-order valence-corrected chi connectivity index (χ1v) is 5.80. The van der Waals surface area contributed by atoms with Gasteiger partial charge in [0.2, 0.25) is 0 Å². The highest BCUT2D eigenvalue weighted by Gasteiger charge is 2.20. The van der Waals surface area contributed by atoms with Crippen LogP contribution >= 0.6 is 0 Å². The number of hydrogen-bond acceptors (Lipinski definition) is 3. The lowest BCUT2D eigenvalue weighted by molar-refractivity contribution is -0.120. The topological polar surface area (TPSA) is 49.3 Å². The highest BCUT2D eigenvalue weighted by Crippen LogP contribution is 2.13. The molecule has 0 bridgehead atoms. The van der Waals surface area contributed by atoms with Gasteiger partial charge in [-0.25, -0.2) is 0 Å². The van der Waals surface area contributed by atoms with E-state index in [1.54, 1.807) is 24.3 Å². The summed E-state index contributed by atoms with van der Waals surface area (Å²) >= 11 is 0. The smallest absolute Gasteiger partial charge is 0.154 e. The fraction of sp³-hybridized carbons (Fsp3) is 0.462. The van der Waals surface area contributed by atoms with Crippen molar-refractivity contribution in [1.82, 2.24) is 5.32 Å². The SMILES string of the molecule is O=C(Cc1ccc(O)cc1)C1CCCCN1. The van der Waals surface area contributed by atoms with E-state index in [4.69, 9.17) is 5.11 Å². The van der Waals surface area contributed by atoms with Crippen LogP contribution in [0, 0.1) is 0 Å². The Hall–Kier alpha value is -1.35. The second-order valence-electron chi connectivity index (χ2n) is 4.31. The van der Waals surface area contributed by atoms with E-state index < -0.39 is 0 Å². The third-order valence-corrected chi connectivity index (χ3v) is 3.01. The molecule has 0 radical (unpaired) electrons. The van der Waals surface area contributed by atoms with E-state index in [0.717, 1.165) is 24.9 Å². The molecule has 1 heterocycles. The second kappa shape index (κ2) is 5.12. The molecule has 1 unspecified atom stereocenters. The van der Waals surface area contributed by atoms with E-state index in [-0.39, 0.29) is 17.6 Å². The number of phenolic OH excluding ortho intramolecular Hbond substituents is 1. The number of phenols is 1. The minimum atomic E-state index is 0.0301. The van der Waals surface area contributed by atoms with Crippen molar-refractivity contribution in [2.24, 2.45) is 0 Å². The van der Waals surface area contributed by atoms with Crippen molar-refractivity contribution in [1.29, 1.82) is 0 Å². The van der Waals surface area contributed by atoms with Crippen LogP contribution in [-0.2, 0) is 11.2 Å². The first kappa shape index (κ1) is 11.1. The minimum absolute atomic E-state index is 0.0301. The zero-order valence-corrected chi connectivity index (χ0v) is 9.28. The summed E-state index contributed by atoms with van der Waals surface area (Å²) in [5.74, 6) is 0.498. The van der Waals surface area contributed by atoms with Crippen LogP contribution in [0.1, 0.15) is 24.8 Å². The molecule has 0 saturated carbocycles. The molecule has 1 saturated heterocycles. The van der Waals surface area contributed by atoms with Gasteiger partial charge in [-0.2, -0.15) is 0 Å². The summed E-state index contributed by atoms with van der Waals surface area (Å²) in [6.07, 6.45) is 3.72. The number of Topliss-reactive ketones (excluding diaryl/α,β-unsaturated/α-hetero) is 1. The van der Waals surface area contributed by atoms with Gasteiger partial charge in [0.05, 0.1) is 6.04 Å².